The summed E-state index contributed by atoms with van der Waals surface area (Å²) in [6.07, 6.45) is 3.43. The lowest BCUT2D eigenvalue weighted by Gasteiger charge is -2.33. The van der Waals surface area contributed by atoms with Crippen molar-refractivity contribution in [3.63, 3.8) is 0 Å². The van der Waals surface area contributed by atoms with E-state index in [1.807, 2.05) is 0 Å². The molecular formula is C21H25F2N7O. The van der Waals surface area contributed by atoms with Crippen LogP contribution in [0.5, 0.6) is 0 Å². The highest BCUT2D eigenvalue weighted by molar-refractivity contribution is 5.79. The number of aromatic amines is 1. The van der Waals surface area contributed by atoms with Gasteiger partial charge in [-0.15, -0.1) is 5.10 Å². The molecule has 0 spiro atoms. The van der Waals surface area contributed by atoms with Gasteiger partial charge < -0.3 is 15.1 Å². The molecule has 1 fully saturated rings. The first-order chi connectivity index (χ1) is 15.1. The third-order valence-corrected chi connectivity index (χ3v) is 5.24. The standard InChI is InChI=1S/C21H25F2N7O/c1-24-21(25-12-19-27-20(29-28-19)18-3-2-10-31-18)26-15-6-8-30(9-7-15)13-14-4-5-16(22)17(23)11-14/h2-5,10-11,15H,6-9,12-13H2,1H3,(H2,24,25,26)(H,27,28,29). The van der Waals surface area contributed by atoms with Crippen LogP contribution in [0.15, 0.2) is 46.0 Å². The van der Waals surface area contributed by atoms with Crippen molar-refractivity contribution in [2.75, 3.05) is 20.1 Å². The Labute approximate surface area is 178 Å². The molecule has 8 nitrogen and oxygen atoms in total. The minimum Gasteiger partial charge on any atom is -0.461 e. The van der Waals surface area contributed by atoms with Crippen LogP contribution in [0.1, 0.15) is 24.2 Å². The van der Waals surface area contributed by atoms with Crippen molar-refractivity contribution in [1.29, 1.82) is 0 Å². The van der Waals surface area contributed by atoms with Gasteiger partial charge in [-0.25, -0.2) is 13.8 Å². The van der Waals surface area contributed by atoms with Gasteiger partial charge >= 0.3 is 0 Å². The molecule has 31 heavy (non-hydrogen) atoms. The molecule has 0 atom stereocenters. The highest BCUT2D eigenvalue weighted by Crippen LogP contribution is 2.16. The van der Waals surface area contributed by atoms with Gasteiger partial charge in [0.05, 0.1) is 12.8 Å². The molecular weight excluding hydrogens is 404 g/mol. The Morgan fingerprint density at radius 3 is 2.81 bits per heavy atom. The number of likely N-dealkylation sites (tertiary alicyclic amines) is 1. The van der Waals surface area contributed by atoms with Gasteiger partial charge in [0.2, 0.25) is 5.82 Å². The monoisotopic (exact) mass is 429 g/mol. The van der Waals surface area contributed by atoms with Crippen molar-refractivity contribution in [2.45, 2.75) is 32.0 Å². The SMILES string of the molecule is CN=C(NCc1nc(-c2ccco2)n[nH]1)NC1CCN(Cc2ccc(F)c(F)c2)CC1. The molecule has 0 amide bonds. The minimum atomic E-state index is -0.812. The molecule has 1 aliphatic rings. The summed E-state index contributed by atoms with van der Waals surface area (Å²) < 4.78 is 31.8. The van der Waals surface area contributed by atoms with Crippen molar-refractivity contribution in [1.82, 2.24) is 30.7 Å². The molecule has 10 heteroatoms. The summed E-state index contributed by atoms with van der Waals surface area (Å²) in [5.41, 5.74) is 0.781. The zero-order valence-electron chi connectivity index (χ0n) is 17.2. The van der Waals surface area contributed by atoms with Crippen LogP contribution in [0.25, 0.3) is 11.6 Å². The fourth-order valence-corrected chi connectivity index (χ4v) is 3.58. The van der Waals surface area contributed by atoms with Crippen molar-refractivity contribution < 1.29 is 13.2 Å². The van der Waals surface area contributed by atoms with Gasteiger partial charge in [0, 0.05) is 32.7 Å². The van der Waals surface area contributed by atoms with Crippen LogP contribution in [0, 0.1) is 11.6 Å². The van der Waals surface area contributed by atoms with Crippen LogP contribution in [0.4, 0.5) is 8.78 Å². The topological polar surface area (TPSA) is 94.4 Å². The first kappa shape index (κ1) is 21.0. The van der Waals surface area contributed by atoms with E-state index in [0.717, 1.165) is 31.5 Å². The summed E-state index contributed by atoms with van der Waals surface area (Å²) in [5, 5.41) is 13.7. The lowest BCUT2D eigenvalue weighted by atomic mass is 10.0. The first-order valence-corrected chi connectivity index (χ1v) is 10.2. The summed E-state index contributed by atoms with van der Waals surface area (Å²) in [7, 11) is 1.72. The second-order valence-electron chi connectivity index (χ2n) is 7.45. The Bertz CT molecular complexity index is 1010. The maximum absolute atomic E-state index is 13.4. The van der Waals surface area contributed by atoms with Gasteiger partial charge in [-0.2, -0.15) is 0 Å². The second-order valence-corrected chi connectivity index (χ2v) is 7.45. The maximum atomic E-state index is 13.4. The molecule has 2 aromatic heterocycles. The molecule has 164 valence electrons. The van der Waals surface area contributed by atoms with Gasteiger partial charge in [-0.05, 0) is 42.7 Å². The molecule has 3 aromatic rings. The predicted molar refractivity (Wildman–Crippen MR) is 112 cm³/mol. The van der Waals surface area contributed by atoms with E-state index >= 15 is 0 Å². The van der Waals surface area contributed by atoms with Crippen LogP contribution in [-0.2, 0) is 13.1 Å². The number of guanidine groups is 1. The summed E-state index contributed by atoms with van der Waals surface area (Å²) >= 11 is 0. The first-order valence-electron chi connectivity index (χ1n) is 10.2. The normalized spacial score (nSPS) is 15.9. The Kier molecular flexibility index (Phi) is 6.56. The highest BCUT2D eigenvalue weighted by Gasteiger charge is 2.20. The molecule has 0 unspecified atom stereocenters. The molecule has 0 bridgehead atoms. The lowest BCUT2D eigenvalue weighted by Crippen LogP contribution is -2.48. The number of rotatable bonds is 6. The van der Waals surface area contributed by atoms with Gasteiger partial charge in [0.25, 0.3) is 0 Å². The van der Waals surface area contributed by atoms with E-state index in [-0.39, 0.29) is 6.04 Å². The van der Waals surface area contributed by atoms with Gasteiger partial charge in [-0.1, -0.05) is 6.07 Å². The number of nitrogens with zero attached hydrogens (tertiary/aromatic N) is 4. The van der Waals surface area contributed by atoms with E-state index < -0.39 is 11.6 Å². The molecule has 0 aliphatic carbocycles. The second kappa shape index (κ2) is 9.69. The third-order valence-electron chi connectivity index (χ3n) is 5.24. The van der Waals surface area contributed by atoms with Gasteiger partial charge in [0.15, 0.2) is 23.4 Å². The van der Waals surface area contributed by atoms with E-state index in [2.05, 4.69) is 35.7 Å². The number of hydrogen-bond donors (Lipinski definition) is 3. The lowest BCUT2D eigenvalue weighted by molar-refractivity contribution is 0.198. The average molecular weight is 429 g/mol. The third kappa shape index (κ3) is 5.46. The number of aliphatic imine (C=N–C) groups is 1. The molecule has 0 saturated carbocycles. The van der Waals surface area contributed by atoms with Crippen LogP contribution >= 0.6 is 0 Å². The number of nitrogens with one attached hydrogen (secondary N) is 3. The summed E-state index contributed by atoms with van der Waals surface area (Å²) in [5.74, 6) is 0.879. The van der Waals surface area contributed by atoms with Crippen molar-refractivity contribution >= 4 is 5.96 Å². The van der Waals surface area contributed by atoms with E-state index in [1.54, 1.807) is 31.5 Å². The number of aromatic nitrogens is 3. The molecule has 1 aromatic carbocycles. The average Bonchev–Trinajstić information content (AvgIpc) is 3.47. The highest BCUT2D eigenvalue weighted by atomic mass is 19.2. The van der Waals surface area contributed by atoms with Gasteiger partial charge in [-0.3, -0.25) is 15.0 Å². The zero-order chi connectivity index (χ0) is 21.6. The Balaban J connectivity index is 1.22. The predicted octanol–water partition coefficient (Wildman–Crippen LogP) is 2.67. The molecule has 3 N–H and O–H groups in total. The van der Waals surface area contributed by atoms with E-state index in [4.69, 9.17) is 4.42 Å². The largest absolute Gasteiger partial charge is 0.461 e. The number of hydrogen-bond acceptors (Lipinski definition) is 5. The Hall–Kier alpha value is -3.27. The van der Waals surface area contributed by atoms with Crippen LogP contribution < -0.4 is 10.6 Å². The number of halogens is 2. The molecule has 3 heterocycles. The van der Waals surface area contributed by atoms with Crippen molar-refractivity contribution in [3.8, 4) is 11.6 Å². The van der Waals surface area contributed by atoms with Crippen LogP contribution in [0.2, 0.25) is 0 Å². The van der Waals surface area contributed by atoms with Crippen LogP contribution in [0.3, 0.4) is 0 Å². The zero-order valence-corrected chi connectivity index (χ0v) is 17.2. The molecule has 4 rings (SSSR count). The summed E-state index contributed by atoms with van der Waals surface area (Å²) in [6.45, 7) is 2.79. The number of benzene rings is 1. The van der Waals surface area contributed by atoms with Crippen LogP contribution in [-0.4, -0.2) is 52.2 Å². The van der Waals surface area contributed by atoms with Gasteiger partial charge in [0.1, 0.15) is 5.82 Å². The smallest absolute Gasteiger partial charge is 0.216 e. The Morgan fingerprint density at radius 1 is 1.26 bits per heavy atom. The van der Waals surface area contributed by atoms with Crippen molar-refractivity contribution in [3.05, 3.63) is 59.6 Å². The Morgan fingerprint density at radius 2 is 2.10 bits per heavy atom. The van der Waals surface area contributed by atoms with E-state index in [9.17, 15) is 8.78 Å². The molecule has 0 radical (unpaired) electrons. The number of H-pyrrole nitrogens is 1. The maximum Gasteiger partial charge on any atom is 0.216 e. The summed E-state index contributed by atoms with van der Waals surface area (Å²) in [4.78, 5) is 10.9. The number of piperidine rings is 1. The quantitative estimate of drug-likeness (QED) is 0.412. The van der Waals surface area contributed by atoms with E-state index in [0.29, 0.717) is 36.5 Å². The summed E-state index contributed by atoms with van der Waals surface area (Å²) in [6, 6.07) is 7.96. The number of furan rings is 1. The van der Waals surface area contributed by atoms with E-state index in [1.165, 1.54) is 12.1 Å². The molecule has 1 saturated heterocycles. The molecule has 1 aliphatic heterocycles. The fraction of sp³-hybridized carbons (Fsp3) is 0.381. The fourth-order valence-electron chi connectivity index (χ4n) is 3.58. The minimum absolute atomic E-state index is 0.279. The van der Waals surface area contributed by atoms with Crippen molar-refractivity contribution in [2.24, 2.45) is 4.99 Å².